The van der Waals surface area contributed by atoms with Crippen LogP contribution in [0, 0.1) is 5.41 Å². The summed E-state index contributed by atoms with van der Waals surface area (Å²) in [6.07, 6.45) is 0. The summed E-state index contributed by atoms with van der Waals surface area (Å²) in [6, 6.07) is 0.273. The van der Waals surface area contributed by atoms with Crippen molar-refractivity contribution >= 4 is 5.91 Å². The molecule has 0 aromatic rings. The molecule has 1 amide bonds. The second-order valence-electron chi connectivity index (χ2n) is 7.29. The van der Waals surface area contributed by atoms with Crippen molar-refractivity contribution in [1.82, 2.24) is 9.80 Å². The third kappa shape index (κ3) is 2.86. The highest BCUT2D eigenvalue weighted by atomic mass is 16.5. The van der Waals surface area contributed by atoms with Gasteiger partial charge in [0.2, 0.25) is 5.91 Å². The molecular formula is C14H26N2O2. The number of carbonyl (C=O) groups is 1. The van der Waals surface area contributed by atoms with Crippen LogP contribution in [0.2, 0.25) is 0 Å². The van der Waals surface area contributed by atoms with E-state index in [0.717, 1.165) is 26.2 Å². The van der Waals surface area contributed by atoms with Gasteiger partial charge in [-0.2, -0.15) is 0 Å². The standard InChI is InChI=1S/C14H26N2O2/c1-11(2)16-10-14(18-6-12(16)17)8-15(9-14)7-13(3,4)5/h11H,6-10H2,1-5H3. The Labute approximate surface area is 110 Å². The Morgan fingerprint density at radius 1 is 1.28 bits per heavy atom. The molecule has 0 aromatic heterocycles. The van der Waals surface area contributed by atoms with Crippen molar-refractivity contribution in [2.75, 3.05) is 32.8 Å². The first-order valence-electron chi connectivity index (χ1n) is 6.87. The molecule has 2 saturated heterocycles. The lowest BCUT2D eigenvalue weighted by atomic mass is 9.87. The molecule has 18 heavy (non-hydrogen) atoms. The van der Waals surface area contributed by atoms with Crippen LogP contribution < -0.4 is 0 Å². The van der Waals surface area contributed by atoms with E-state index < -0.39 is 0 Å². The first-order chi connectivity index (χ1) is 8.21. The van der Waals surface area contributed by atoms with E-state index in [4.69, 9.17) is 4.74 Å². The number of carbonyl (C=O) groups excluding carboxylic acids is 1. The Bertz CT molecular complexity index is 327. The van der Waals surface area contributed by atoms with Crippen LogP contribution in [-0.4, -0.2) is 60.1 Å². The number of hydrogen-bond donors (Lipinski definition) is 0. The second kappa shape index (κ2) is 4.49. The largest absolute Gasteiger partial charge is 0.361 e. The van der Waals surface area contributed by atoms with E-state index in [-0.39, 0.29) is 24.2 Å². The molecule has 0 unspecified atom stereocenters. The van der Waals surface area contributed by atoms with E-state index in [1.54, 1.807) is 0 Å². The quantitative estimate of drug-likeness (QED) is 0.746. The molecular weight excluding hydrogens is 228 g/mol. The van der Waals surface area contributed by atoms with Crippen molar-refractivity contribution < 1.29 is 9.53 Å². The smallest absolute Gasteiger partial charge is 0.248 e. The van der Waals surface area contributed by atoms with E-state index in [0.29, 0.717) is 5.41 Å². The molecule has 104 valence electrons. The lowest BCUT2D eigenvalue weighted by Gasteiger charge is -2.55. The average Bonchev–Trinajstić information content (AvgIpc) is 2.16. The lowest BCUT2D eigenvalue weighted by molar-refractivity contribution is -0.200. The summed E-state index contributed by atoms with van der Waals surface area (Å²) in [4.78, 5) is 16.1. The second-order valence-corrected chi connectivity index (χ2v) is 7.29. The molecule has 0 saturated carbocycles. The number of morpholine rings is 1. The molecule has 0 aromatic carbocycles. The fourth-order valence-corrected chi connectivity index (χ4v) is 2.96. The highest BCUT2D eigenvalue weighted by Crippen LogP contribution is 2.32. The summed E-state index contributed by atoms with van der Waals surface area (Å²) >= 11 is 0. The van der Waals surface area contributed by atoms with Gasteiger partial charge in [-0.1, -0.05) is 20.8 Å². The number of likely N-dealkylation sites (tertiary alicyclic amines) is 1. The molecule has 4 heteroatoms. The normalized spacial score (nSPS) is 24.8. The Morgan fingerprint density at radius 2 is 1.89 bits per heavy atom. The van der Waals surface area contributed by atoms with Gasteiger partial charge in [0, 0.05) is 25.7 Å². The average molecular weight is 254 g/mol. The van der Waals surface area contributed by atoms with Crippen molar-refractivity contribution in [3.63, 3.8) is 0 Å². The molecule has 2 fully saturated rings. The van der Waals surface area contributed by atoms with Gasteiger partial charge in [0.15, 0.2) is 0 Å². The van der Waals surface area contributed by atoms with Crippen LogP contribution in [0.4, 0.5) is 0 Å². The molecule has 2 heterocycles. The Balaban J connectivity index is 1.90. The molecule has 0 aliphatic carbocycles. The molecule has 0 N–H and O–H groups in total. The van der Waals surface area contributed by atoms with Crippen LogP contribution in [0.25, 0.3) is 0 Å². The summed E-state index contributed by atoms with van der Waals surface area (Å²) < 4.78 is 5.81. The SMILES string of the molecule is CC(C)N1CC2(CN(CC(C)(C)C)C2)OCC1=O. The maximum atomic E-state index is 11.8. The van der Waals surface area contributed by atoms with Gasteiger partial charge < -0.3 is 9.64 Å². The van der Waals surface area contributed by atoms with E-state index >= 15 is 0 Å². The van der Waals surface area contributed by atoms with Gasteiger partial charge in [0.05, 0.1) is 6.54 Å². The maximum absolute atomic E-state index is 11.8. The third-order valence-corrected chi connectivity index (χ3v) is 3.63. The summed E-state index contributed by atoms with van der Waals surface area (Å²) in [6.45, 7) is 14.9. The first kappa shape index (κ1) is 13.8. The Morgan fingerprint density at radius 3 is 2.39 bits per heavy atom. The van der Waals surface area contributed by atoms with Crippen LogP contribution in [0.5, 0.6) is 0 Å². The summed E-state index contributed by atoms with van der Waals surface area (Å²) in [7, 11) is 0. The fourth-order valence-electron chi connectivity index (χ4n) is 2.96. The number of ether oxygens (including phenoxy) is 1. The number of nitrogens with zero attached hydrogens (tertiary/aromatic N) is 2. The minimum atomic E-state index is -0.0938. The zero-order chi connectivity index (χ0) is 13.6. The summed E-state index contributed by atoms with van der Waals surface area (Å²) in [5, 5.41) is 0. The molecule has 4 nitrogen and oxygen atoms in total. The molecule has 0 radical (unpaired) electrons. The number of hydrogen-bond acceptors (Lipinski definition) is 3. The van der Waals surface area contributed by atoms with E-state index in [2.05, 4.69) is 39.5 Å². The molecule has 0 atom stereocenters. The third-order valence-electron chi connectivity index (χ3n) is 3.63. The zero-order valence-electron chi connectivity index (χ0n) is 12.3. The molecule has 0 bridgehead atoms. The van der Waals surface area contributed by atoms with Crippen LogP contribution in [0.3, 0.4) is 0 Å². The van der Waals surface area contributed by atoms with Crippen LogP contribution in [-0.2, 0) is 9.53 Å². The highest BCUT2D eigenvalue weighted by molar-refractivity contribution is 5.78. The first-order valence-corrected chi connectivity index (χ1v) is 6.87. The number of amides is 1. The fraction of sp³-hybridized carbons (Fsp3) is 0.929. The molecule has 2 aliphatic heterocycles. The van der Waals surface area contributed by atoms with Crippen LogP contribution in [0.1, 0.15) is 34.6 Å². The van der Waals surface area contributed by atoms with Crippen molar-refractivity contribution in [3.8, 4) is 0 Å². The minimum Gasteiger partial charge on any atom is -0.361 e. The van der Waals surface area contributed by atoms with Gasteiger partial charge in [-0.25, -0.2) is 0 Å². The number of rotatable bonds is 2. The topological polar surface area (TPSA) is 32.8 Å². The van der Waals surface area contributed by atoms with Gasteiger partial charge in [0.1, 0.15) is 12.2 Å². The minimum absolute atomic E-state index is 0.0938. The van der Waals surface area contributed by atoms with Crippen molar-refractivity contribution in [2.24, 2.45) is 5.41 Å². The molecule has 1 spiro atoms. The van der Waals surface area contributed by atoms with Gasteiger partial charge in [-0.05, 0) is 19.3 Å². The van der Waals surface area contributed by atoms with Crippen molar-refractivity contribution in [1.29, 1.82) is 0 Å². The highest BCUT2D eigenvalue weighted by Gasteiger charge is 2.49. The lowest BCUT2D eigenvalue weighted by Crippen LogP contribution is -2.72. The Hall–Kier alpha value is -0.610. The van der Waals surface area contributed by atoms with Gasteiger partial charge >= 0.3 is 0 Å². The van der Waals surface area contributed by atoms with Crippen LogP contribution in [0.15, 0.2) is 0 Å². The predicted octanol–water partition coefficient (Wildman–Crippen LogP) is 1.35. The van der Waals surface area contributed by atoms with Gasteiger partial charge in [-0.3, -0.25) is 9.69 Å². The zero-order valence-corrected chi connectivity index (χ0v) is 12.3. The van der Waals surface area contributed by atoms with E-state index in [1.807, 2.05) is 4.90 Å². The van der Waals surface area contributed by atoms with Crippen LogP contribution >= 0.6 is 0 Å². The molecule has 2 aliphatic rings. The Kier molecular flexibility index (Phi) is 3.45. The van der Waals surface area contributed by atoms with Gasteiger partial charge in [-0.15, -0.1) is 0 Å². The van der Waals surface area contributed by atoms with Gasteiger partial charge in [0.25, 0.3) is 0 Å². The van der Waals surface area contributed by atoms with Crippen molar-refractivity contribution in [3.05, 3.63) is 0 Å². The van der Waals surface area contributed by atoms with Crippen molar-refractivity contribution in [2.45, 2.75) is 46.3 Å². The van der Waals surface area contributed by atoms with E-state index in [1.165, 1.54) is 0 Å². The summed E-state index contributed by atoms with van der Waals surface area (Å²) in [5.41, 5.74) is 0.229. The predicted molar refractivity (Wildman–Crippen MR) is 71.4 cm³/mol. The van der Waals surface area contributed by atoms with E-state index in [9.17, 15) is 4.79 Å². The molecule has 2 rings (SSSR count). The maximum Gasteiger partial charge on any atom is 0.248 e. The monoisotopic (exact) mass is 254 g/mol. The summed E-state index contributed by atoms with van der Waals surface area (Å²) in [5.74, 6) is 0.130.